The SMILES string of the molecule is COc1cc(Cl)nc(CO)c1. The van der Waals surface area contributed by atoms with Crippen molar-refractivity contribution in [3.63, 3.8) is 0 Å². The third-order valence-corrected chi connectivity index (χ3v) is 1.41. The number of hydrogen-bond donors (Lipinski definition) is 1. The summed E-state index contributed by atoms with van der Waals surface area (Å²) in [5.41, 5.74) is 0.509. The van der Waals surface area contributed by atoms with Gasteiger partial charge in [-0.2, -0.15) is 0 Å². The molecule has 1 aromatic heterocycles. The molecule has 0 fully saturated rings. The maximum Gasteiger partial charge on any atom is 0.133 e. The van der Waals surface area contributed by atoms with E-state index in [2.05, 4.69) is 4.98 Å². The Morgan fingerprint density at radius 2 is 2.36 bits per heavy atom. The summed E-state index contributed by atoms with van der Waals surface area (Å²) in [5, 5.41) is 9.03. The summed E-state index contributed by atoms with van der Waals surface area (Å²) in [6.07, 6.45) is 0. The average molecular weight is 174 g/mol. The van der Waals surface area contributed by atoms with Gasteiger partial charge in [-0.3, -0.25) is 0 Å². The topological polar surface area (TPSA) is 42.4 Å². The molecule has 0 bridgehead atoms. The van der Waals surface area contributed by atoms with E-state index in [0.717, 1.165) is 0 Å². The fourth-order valence-electron chi connectivity index (χ4n) is 0.724. The molecule has 0 aliphatic heterocycles. The lowest BCUT2D eigenvalue weighted by Gasteiger charge is -2.01. The highest BCUT2D eigenvalue weighted by Gasteiger charge is 1.98. The predicted octanol–water partition coefficient (Wildman–Crippen LogP) is 1.24. The van der Waals surface area contributed by atoms with Crippen molar-refractivity contribution in [1.82, 2.24) is 4.98 Å². The van der Waals surface area contributed by atoms with Crippen LogP contribution in [0.25, 0.3) is 0 Å². The standard InChI is InChI=1S/C7H8ClNO2/c1-11-6-2-5(4-10)9-7(8)3-6/h2-3,10H,4H2,1H3. The quantitative estimate of drug-likeness (QED) is 0.685. The van der Waals surface area contributed by atoms with Gasteiger partial charge >= 0.3 is 0 Å². The number of aliphatic hydroxyl groups excluding tert-OH is 1. The predicted molar refractivity (Wildman–Crippen MR) is 41.7 cm³/mol. The second-order valence-corrected chi connectivity index (χ2v) is 2.37. The van der Waals surface area contributed by atoms with Crippen molar-refractivity contribution in [2.75, 3.05) is 7.11 Å². The molecular formula is C7H8ClNO2. The fourth-order valence-corrected chi connectivity index (χ4v) is 0.940. The summed E-state index contributed by atoms with van der Waals surface area (Å²) in [7, 11) is 1.53. The molecule has 0 aromatic carbocycles. The van der Waals surface area contributed by atoms with Gasteiger partial charge in [0.1, 0.15) is 10.9 Å². The van der Waals surface area contributed by atoms with E-state index in [1.54, 1.807) is 12.1 Å². The molecule has 1 heterocycles. The van der Waals surface area contributed by atoms with Crippen molar-refractivity contribution in [1.29, 1.82) is 0 Å². The van der Waals surface area contributed by atoms with Crippen LogP contribution in [-0.2, 0) is 6.61 Å². The number of aromatic nitrogens is 1. The number of methoxy groups -OCH3 is 1. The molecular weight excluding hydrogens is 166 g/mol. The maximum absolute atomic E-state index is 8.71. The van der Waals surface area contributed by atoms with Crippen LogP contribution >= 0.6 is 11.6 Å². The van der Waals surface area contributed by atoms with Gasteiger partial charge in [-0.1, -0.05) is 11.6 Å². The minimum absolute atomic E-state index is 0.128. The van der Waals surface area contributed by atoms with E-state index in [1.165, 1.54) is 7.11 Å². The summed E-state index contributed by atoms with van der Waals surface area (Å²) < 4.78 is 4.90. The number of ether oxygens (including phenoxy) is 1. The van der Waals surface area contributed by atoms with Crippen LogP contribution in [0.4, 0.5) is 0 Å². The molecule has 11 heavy (non-hydrogen) atoms. The van der Waals surface area contributed by atoms with E-state index in [-0.39, 0.29) is 6.61 Å². The number of nitrogens with zero attached hydrogens (tertiary/aromatic N) is 1. The van der Waals surface area contributed by atoms with Gasteiger partial charge in [0.15, 0.2) is 0 Å². The van der Waals surface area contributed by atoms with Gasteiger partial charge in [-0.15, -0.1) is 0 Å². The van der Waals surface area contributed by atoms with Gasteiger partial charge in [-0.25, -0.2) is 4.98 Å². The van der Waals surface area contributed by atoms with Gasteiger partial charge in [-0.05, 0) is 0 Å². The highest BCUT2D eigenvalue weighted by atomic mass is 35.5. The molecule has 0 radical (unpaired) electrons. The van der Waals surface area contributed by atoms with Crippen LogP contribution in [0.15, 0.2) is 12.1 Å². The van der Waals surface area contributed by atoms with Crippen molar-refractivity contribution in [2.24, 2.45) is 0 Å². The normalized spacial score (nSPS) is 9.73. The van der Waals surface area contributed by atoms with Crippen molar-refractivity contribution in [3.8, 4) is 5.75 Å². The van der Waals surface area contributed by atoms with Crippen molar-refractivity contribution >= 4 is 11.6 Å². The second kappa shape index (κ2) is 3.55. The molecule has 0 aliphatic carbocycles. The summed E-state index contributed by atoms with van der Waals surface area (Å²) in [6.45, 7) is -0.128. The monoisotopic (exact) mass is 173 g/mol. The molecule has 60 valence electrons. The van der Waals surface area contributed by atoms with E-state index >= 15 is 0 Å². The van der Waals surface area contributed by atoms with Gasteiger partial charge < -0.3 is 9.84 Å². The molecule has 0 saturated heterocycles. The zero-order valence-electron chi connectivity index (χ0n) is 6.04. The van der Waals surface area contributed by atoms with Crippen LogP contribution < -0.4 is 4.74 Å². The largest absolute Gasteiger partial charge is 0.497 e. The minimum atomic E-state index is -0.128. The molecule has 3 nitrogen and oxygen atoms in total. The first kappa shape index (κ1) is 8.30. The Balaban J connectivity index is 3.02. The van der Waals surface area contributed by atoms with E-state index in [9.17, 15) is 0 Å². The molecule has 0 atom stereocenters. The number of aliphatic hydroxyl groups is 1. The number of rotatable bonds is 2. The molecule has 0 amide bonds. The number of halogens is 1. The second-order valence-electron chi connectivity index (χ2n) is 1.98. The van der Waals surface area contributed by atoms with Crippen LogP contribution in [0, 0.1) is 0 Å². The first-order valence-electron chi connectivity index (χ1n) is 3.07. The van der Waals surface area contributed by atoms with Crippen LogP contribution in [0.1, 0.15) is 5.69 Å². The van der Waals surface area contributed by atoms with Crippen LogP contribution in [0.5, 0.6) is 5.75 Å². The molecule has 0 unspecified atom stereocenters. The van der Waals surface area contributed by atoms with E-state index in [1.807, 2.05) is 0 Å². The van der Waals surface area contributed by atoms with Crippen molar-refractivity contribution in [2.45, 2.75) is 6.61 Å². The molecule has 1 rings (SSSR count). The van der Waals surface area contributed by atoms with E-state index < -0.39 is 0 Å². The fraction of sp³-hybridized carbons (Fsp3) is 0.286. The van der Waals surface area contributed by atoms with E-state index in [4.69, 9.17) is 21.4 Å². The third-order valence-electron chi connectivity index (χ3n) is 1.22. The van der Waals surface area contributed by atoms with Gasteiger partial charge in [0.2, 0.25) is 0 Å². The number of hydrogen-bond acceptors (Lipinski definition) is 3. The lowest BCUT2D eigenvalue weighted by atomic mass is 10.3. The molecule has 1 N–H and O–H groups in total. The summed E-state index contributed by atoms with van der Waals surface area (Å²) >= 11 is 5.61. The van der Waals surface area contributed by atoms with Crippen molar-refractivity contribution < 1.29 is 9.84 Å². The molecule has 1 aromatic rings. The molecule has 4 heteroatoms. The summed E-state index contributed by atoms with van der Waals surface area (Å²) in [5.74, 6) is 0.606. The van der Waals surface area contributed by atoms with Crippen LogP contribution in [0.3, 0.4) is 0 Å². The first-order chi connectivity index (χ1) is 5.26. The summed E-state index contributed by atoms with van der Waals surface area (Å²) in [4.78, 5) is 3.84. The van der Waals surface area contributed by atoms with Crippen LogP contribution in [-0.4, -0.2) is 17.2 Å². The lowest BCUT2D eigenvalue weighted by molar-refractivity contribution is 0.276. The zero-order chi connectivity index (χ0) is 8.27. The Kier molecular flexibility index (Phi) is 2.68. The number of pyridine rings is 1. The Morgan fingerprint density at radius 1 is 1.64 bits per heavy atom. The lowest BCUT2D eigenvalue weighted by Crippen LogP contribution is -1.91. The highest BCUT2D eigenvalue weighted by molar-refractivity contribution is 6.29. The average Bonchev–Trinajstić information content (AvgIpc) is 2.03. The molecule has 0 spiro atoms. The van der Waals surface area contributed by atoms with E-state index in [0.29, 0.717) is 16.6 Å². The Labute approximate surface area is 69.6 Å². The van der Waals surface area contributed by atoms with Gasteiger partial charge in [0.05, 0.1) is 19.4 Å². The smallest absolute Gasteiger partial charge is 0.133 e. The molecule has 0 aliphatic rings. The van der Waals surface area contributed by atoms with Crippen molar-refractivity contribution in [3.05, 3.63) is 23.0 Å². The van der Waals surface area contributed by atoms with Crippen LogP contribution in [0.2, 0.25) is 5.15 Å². The minimum Gasteiger partial charge on any atom is -0.497 e. The van der Waals surface area contributed by atoms with Gasteiger partial charge in [0, 0.05) is 12.1 Å². The Bertz CT molecular complexity index is 230. The Hall–Kier alpha value is -0.800. The Morgan fingerprint density at radius 3 is 2.91 bits per heavy atom. The van der Waals surface area contributed by atoms with Gasteiger partial charge in [0.25, 0.3) is 0 Å². The third kappa shape index (κ3) is 2.06. The first-order valence-corrected chi connectivity index (χ1v) is 3.45. The maximum atomic E-state index is 8.71. The zero-order valence-corrected chi connectivity index (χ0v) is 6.80. The molecule has 0 saturated carbocycles. The highest BCUT2D eigenvalue weighted by Crippen LogP contribution is 2.16. The summed E-state index contributed by atoms with van der Waals surface area (Å²) in [6, 6.07) is 3.21.